The number of ether oxygens (including phenoxy) is 1. The number of hydrogen-bond acceptors (Lipinski definition) is 4. The molecule has 0 saturated carbocycles. The summed E-state index contributed by atoms with van der Waals surface area (Å²) < 4.78 is 4.65. The van der Waals surface area contributed by atoms with Gasteiger partial charge in [0.25, 0.3) is 0 Å². The molecular formula is C12H15N3O2. The molecule has 5 heteroatoms. The van der Waals surface area contributed by atoms with E-state index in [2.05, 4.69) is 33.8 Å². The van der Waals surface area contributed by atoms with Gasteiger partial charge in [-0.05, 0) is 24.5 Å². The van der Waals surface area contributed by atoms with Crippen LogP contribution in [0.2, 0.25) is 0 Å². The minimum atomic E-state index is -0.427. The van der Waals surface area contributed by atoms with Crippen molar-refractivity contribution in [2.45, 2.75) is 20.3 Å². The number of carbonyl (C=O) groups excluding carboxylic acids is 1. The molecule has 0 amide bonds. The standard InChI is InChI=1S/C12H15N3O2/c1-7(2)6-10-11-8(14-15-10)4-5-9(13-11)12(16)17-3/h4-5,7H,6H2,1-3H3,(H,14,15). The van der Waals surface area contributed by atoms with Gasteiger partial charge in [0.2, 0.25) is 0 Å². The van der Waals surface area contributed by atoms with E-state index >= 15 is 0 Å². The third-order valence-corrected chi connectivity index (χ3v) is 2.48. The molecule has 2 aromatic heterocycles. The molecule has 0 saturated heterocycles. The quantitative estimate of drug-likeness (QED) is 0.823. The lowest BCUT2D eigenvalue weighted by atomic mass is 10.1. The highest BCUT2D eigenvalue weighted by Gasteiger charge is 2.13. The van der Waals surface area contributed by atoms with Gasteiger partial charge in [-0.1, -0.05) is 13.8 Å². The van der Waals surface area contributed by atoms with Gasteiger partial charge in [0.15, 0.2) is 0 Å². The van der Waals surface area contributed by atoms with Crippen molar-refractivity contribution < 1.29 is 9.53 Å². The number of nitrogens with zero attached hydrogens (tertiary/aromatic N) is 2. The van der Waals surface area contributed by atoms with Gasteiger partial charge in [-0.3, -0.25) is 5.10 Å². The SMILES string of the molecule is COC(=O)c1ccc2[nH]nc(CC(C)C)c2n1. The molecule has 0 aliphatic carbocycles. The van der Waals surface area contributed by atoms with E-state index in [1.165, 1.54) is 7.11 Å². The summed E-state index contributed by atoms with van der Waals surface area (Å²) in [7, 11) is 1.35. The van der Waals surface area contributed by atoms with Gasteiger partial charge in [-0.25, -0.2) is 9.78 Å². The van der Waals surface area contributed by atoms with Crippen molar-refractivity contribution in [1.29, 1.82) is 0 Å². The van der Waals surface area contributed by atoms with Crippen molar-refractivity contribution in [1.82, 2.24) is 15.2 Å². The summed E-state index contributed by atoms with van der Waals surface area (Å²) in [5.41, 5.74) is 2.79. The van der Waals surface area contributed by atoms with Crippen LogP contribution in [0.1, 0.15) is 30.0 Å². The van der Waals surface area contributed by atoms with Crippen molar-refractivity contribution in [2.75, 3.05) is 7.11 Å². The molecule has 0 atom stereocenters. The first-order chi connectivity index (χ1) is 8.11. The number of methoxy groups -OCH3 is 1. The summed E-state index contributed by atoms with van der Waals surface area (Å²) >= 11 is 0. The van der Waals surface area contributed by atoms with Crippen LogP contribution in [0, 0.1) is 5.92 Å². The van der Waals surface area contributed by atoms with Crippen molar-refractivity contribution in [3.8, 4) is 0 Å². The van der Waals surface area contributed by atoms with Crippen LogP contribution in [0.4, 0.5) is 0 Å². The zero-order valence-electron chi connectivity index (χ0n) is 10.2. The van der Waals surface area contributed by atoms with E-state index in [1.807, 2.05) is 0 Å². The molecule has 90 valence electrons. The molecule has 0 radical (unpaired) electrons. The summed E-state index contributed by atoms with van der Waals surface area (Å²) in [4.78, 5) is 15.7. The number of nitrogens with one attached hydrogen (secondary N) is 1. The number of rotatable bonds is 3. The largest absolute Gasteiger partial charge is 0.464 e. The Labute approximate surface area is 99.2 Å². The van der Waals surface area contributed by atoms with Crippen LogP contribution in [-0.2, 0) is 11.2 Å². The van der Waals surface area contributed by atoms with Crippen LogP contribution >= 0.6 is 0 Å². The van der Waals surface area contributed by atoms with E-state index in [1.54, 1.807) is 12.1 Å². The lowest BCUT2D eigenvalue weighted by Crippen LogP contribution is -2.04. The number of esters is 1. The summed E-state index contributed by atoms with van der Waals surface area (Å²) in [6.45, 7) is 4.23. The molecule has 2 heterocycles. The maximum atomic E-state index is 11.4. The molecular weight excluding hydrogens is 218 g/mol. The van der Waals surface area contributed by atoms with Gasteiger partial charge >= 0.3 is 5.97 Å². The highest BCUT2D eigenvalue weighted by Crippen LogP contribution is 2.17. The van der Waals surface area contributed by atoms with Crippen LogP contribution in [0.25, 0.3) is 11.0 Å². The van der Waals surface area contributed by atoms with E-state index in [9.17, 15) is 4.79 Å². The van der Waals surface area contributed by atoms with Gasteiger partial charge < -0.3 is 4.74 Å². The zero-order valence-corrected chi connectivity index (χ0v) is 10.2. The normalized spacial score (nSPS) is 11.1. The molecule has 0 unspecified atom stereocenters. The Bertz CT molecular complexity index is 546. The Morgan fingerprint density at radius 2 is 2.24 bits per heavy atom. The molecule has 17 heavy (non-hydrogen) atoms. The highest BCUT2D eigenvalue weighted by atomic mass is 16.5. The first-order valence-electron chi connectivity index (χ1n) is 5.54. The monoisotopic (exact) mass is 233 g/mol. The van der Waals surface area contributed by atoms with Gasteiger partial charge in [0.1, 0.15) is 11.2 Å². The Kier molecular flexibility index (Phi) is 3.08. The second kappa shape index (κ2) is 4.53. The lowest BCUT2D eigenvalue weighted by molar-refractivity contribution is 0.0594. The number of hydrogen-bond donors (Lipinski definition) is 1. The third kappa shape index (κ3) is 2.27. The Morgan fingerprint density at radius 3 is 2.88 bits per heavy atom. The predicted octanol–water partition coefficient (Wildman–Crippen LogP) is 1.94. The van der Waals surface area contributed by atoms with E-state index in [-0.39, 0.29) is 0 Å². The van der Waals surface area contributed by atoms with E-state index in [0.29, 0.717) is 11.6 Å². The Hall–Kier alpha value is -1.91. The molecule has 0 aromatic carbocycles. The molecule has 0 spiro atoms. The fourth-order valence-electron chi connectivity index (χ4n) is 1.70. The average Bonchev–Trinajstić information content (AvgIpc) is 2.70. The number of fused-ring (bicyclic) bond motifs is 1. The Balaban J connectivity index is 2.46. The molecule has 2 aromatic rings. The highest BCUT2D eigenvalue weighted by molar-refractivity contribution is 5.90. The van der Waals surface area contributed by atoms with E-state index < -0.39 is 5.97 Å². The number of aromatic amines is 1. The lowest BCUT2D eigenvalue weighted by Gasteiger charge is -2.01. The van der Waals surface area contributed by atoms with Crippen LogP contribution in [0.3, 0.4) is 0 Å². The average molecular weight is 233 g/mol. The molecule has 0 aliphatic rings. The van der Waals surface area contributed by atoms with Crippen LogP contribution in [-0.4, -0.2) is 28.3 Å². The van der Waals surface area contributed by atoms with Crippen LogP contribution in [0.5, 0.6) is 0 Å². The number of pyridine rings is 1. The smallest absolute Gasteiger partial charge is 0.356 e. The predicted molar refractivity (Wildman–Crippen MR) is 63.8 cm³/mol. The molecule has 2 rings (SSSR count). The fourth-order valence-corrected chi connectivity index (χ4v) is 1.70. The molecule has 0 fully saturated rings. The molecule has 5 nitrogen and oxygen atoms in total. The summed E-state index contributed by atoms with van der Waals surface area (Å²) in [6, 6.07) is 3.43. The topological polar surface area (TPSA) is 67.9 Å². The van der Waals surface area contributed by atoms with Gasteiger partial charge in [0, 0.05) is 0 Å². The van der Waals surface area contributed by atoms with Crippen LogP contribution in [0.15, 0.2) is 12.1 Å². The van der Waals surface area contributed by atoms with Crippen LogP contribution < -0.4 is 0 Å². The number of carbonyl (C=O) groups is 1. The molecule has 0 bridgehead atoms. The fraction of sp³-hybridized carbons (Fsp3) is 0.417. The second-order valence-electron chi connectivity index (χ2n) is 4.35. The maximum absolute atomic E-state index is 11.4. The number of H-pyrrole nitrogens is 1. The summed E-state index contributed by atoms with van der Waals surface area (Å²) in [5.74, 6) is 0.0636. The first kappa shape index (κ1) is 11.6. The second-order valence-corrected chi connectivity index (χ2v) is 4.35. The van der Waals surface area contributed by atoms with Crippen molar-refractivity contribution in [3.63, 3.8) is 0 Å². The summed E-state index contributed by atoms with van der Waals surface area (Å²) in [6.07, 6.45) is 0.831. The summed E-state index contributed by atoms with van der Waals surface area (Å²) in [5, 5.41) is 7.14. The van der Waals surface area contributed by atoms with Gasteiger partial charge in [-0.15, -0.1) is 0 Å². The Morgan fingerprint density at radius 1 is 1.47 bits per heavy atom. The number of aromatic nitrogens is 3. The van der Waals surface area contributed by atoms with E-state index in [4.69, 9.17) is 0 Å². The van der Waals surface area contributed by atoms with Crippen molar-refractivity contribution in [2.24, 2.45) is 5.92 Å². The minimum absolute atomic E-state index is 0.311. The molecule has 0 aliphatic heterocycles. The van der Waals surface area contributed by atoms with E-state index in [0.717, 1.165) is 23.1 Å². The zero-order chi connectivity index (χ0) is 12.4. The minimum Gasteiger partial charge on any atom is -0.464 e. The van der Waals surface area contributed by atoms with Crippen molar-refractivity contribution in [3.05, 3.63) is 23.5 Å². The molecule has 1 N–H and O–H groups in total. The first-order valence-corrected chi connectivity index (χ1v) is 5.54. The van der Waals surface area contributed by atoms with Gasteiger partial charge in [-0.2, -0.15) is 5.10 Å². The van der Waals surface area contributed by atoms with Crippen molar-refractivity contribution >= 4 is 17.0 Å². The van der Waals surface area contributed by atoms with Gasteiger partial charge in [0.05, 0.1) is 18.3 Å². The maximum Gasteiger partial charge on any atom is 0.356 e. The third-order valence-electron chi connectivity index (χ3n) is 2.48.